The number of aromatic nitrogens is 3. The van der Waals surface area contributed by atoms with E-state index in [1.807, 2.05) is 34.9 Å². The molecule has 0 fully saturated rings. The molecule has 2 heterocycles. The van der Waals surface area contributed by atoms with Gasteiger partial charge in [-0.05, 0) is 34.1 Å². The molecule has 0 saturated carbocycles. The van der Waals surface area contributed by atoms with Crippen molar-refractivity contribution in [2.75, 3.05) is 0 Å². The molecule has 0 unspecified atom stereocenters. The summed E-state index contributed by atoms with van der Waals surface area (Å²) in [5, 5.41) is 0. The number of hydrogen-bond donors (Lipinski definition) is 0. The number of alkyl halides is 1. The first-order valence-corrected chi connectivity index (χ1v) is 6.76. The van der Waals surface area contributed by atoms with Gasteiger partial charge in [0.05, 0.1) is 23.3 Å². The molecule has 0 bridgehead atoms. The molecule has 0 N–H and O–H groups in total. The second-order valence-electron chi connectivity index (χ2n) is 3.81. The monoisotopic (exact) mass is 321 g/mol. The fraction of sp³-hybridized carbons (Fsp3) is 0.0769. The lowest BCUT2D eigenvalue weighted by molar-refractivity contribution is 0.977. The molecular formula is C13H9BrClN3. The number of nitrogens with zero attached hydrogens (tertiary/aromatic N) is 3. The van der Waals surface area contributed by atoms with E-state index in [4.69, 9.17) is 11.6 Å². The van der Waals surface area contributed by atoms with Gasteiger partial charge in [-0.2, -0.15) is 0 Å². The second-order valence-corrected chi connectivity index (χ2v) is 4.93. The van der Waals surface area contributed by atoms with E-state index in [2.05, 4.69) is 25.9 Å². The van der Waals surface area contributed by atoms with Crippen LogP contribution >= 0.6 is 27.5 Å². The van der Waals surface area contributed by atoms with Crippen molar-refractivity contribution in [2.45, 2.75) is 5.88 Å². The van der Waals surface area contributed by atoms with Gasteiger partial charge in [0.25, 0.3) is 0 Å². The topological polar surface area (TPSA) is 30.7 Å². The Hall–Kier alpha value is -1.39. The van der Waals surface area contributed by atoms with Crippen molar-refractivity contribution in [2.24, 2.45) is 0 Å². The first kappa shape index (κ1) is 11.7. The van der Waals surface area contributed by atoms with Crippen LogP contribution in [-0.2, 0) is 5.88 Å². The van der Waals surface area contributed by atoms with Crippen LogP contribution in [0.4, 0.5) is 0 Å². The maximum Gasteiger partial charge on any atom is 0.129 e. The van der Waals surface area contributed by atoms with E-state index in [0.29, 0.717) is 5.88 Å². The molecule has 0 aliphatic carbocycles. The van der Waals surface area contributed by atoms with Gasteiger partial charge in [0, 0.05) is 10.7 Å². The number of para-hydroxylation sites is 1. The third-order valence-electron chi connectivity index (χ3n) is 2.74. The van der Waals surface area contributed by atoms with Gasteiger partial charge in [0.15, 0.2) is 0 Å². The smallest absolute Gasteiger partial charge is 0.129 e. The molecule has 90 valence electrons. The highest BCUT2D eigenvalue weighted by Gasteiger charge is 2.13. The van der Waals surface area contributed by atoms with Crippen molar-refractivity contribution in [3.8, 4) is 5.69 Å². The SMILES string of the molecule is ClCc1nc2cnccc2n1-c1ccccc1Br. The highest BCUT2D eigenvalue weighted by Crippen LogP contribution is 2.27. The molecule has 3 aromatic rings. The van der Waals surface area contributed by atoms with Crippen molar-refractivity contribution in [1.82, 2.24) is 14.5 Å². The Kier molecular flexibility index (Phi) is 3.06. The molecule has 18 heavy (non-hydrogen) atoms. The van der Waals surface area contributed by atoms with Gasteiger partial charge >= 0.3 is 0 Å². The third kappa shape index (κ3) is 1.82. The molecule has 0 aliphatic rings. The van der Waals surface area contributed by atoms with E-state index < -0.39 is 0 Å². The number of pyridine rings is 1. The summed E-state index contributed by atoms with van der Waals surface area (Å²) < 4.78 is 3.06. The van der Waals surface area contributed by atoms with E-state index in [0.717, 1.165) is 27.0 Å². The Morgan fingerprint density at radius 2 is 2.06 bits per heavy atom. The van der Waals surface area contributed by atoms with E-state index in [9.17, 15) is 0 Å². The van der Waals surface area contributed by atoms with Gasteiger partial charge in [0.1, 0.15) is 11.3 Å². The summed E-state index contributed by atoms with van der Waals surface area (Å²) >= 11 is 9.55. The molecule has 0 aliphatic heterocycles. The van der Waals surface area contributed by atoms with Crippen LogP contribution in [0, 0.1) is 0 Å². The van der Waals surface area contributed by atoms with E-state index in [1.54, 1.807) is 12.4 Å². The normalized spacial score (nSPS) is 11.0. The van der Waals surface area contributed by atoms with Gasteiger partial charge in [-0.3, -0.25) is 9.55 Å². The maximum atomic E-state index is 5.99. The van der Waals surface area contributed by atoms with Gasteiger partial charge in [-0.15, -0.1) is 11.6 Å². The van der Waals surface area contributed by atoms with Crippen LogP contribution < -0.4 is 0 Å². The highest BCUT2D eigenvalue weighted by atomic mass is 79.9. The van der Waals surface area contributed by atoms with Crippen LogP contribution in [0.15, 0.2) is 47.2 Å². The minimum atomic E-state index is 0.357. The number of rotatable bonds is 2. The molecule has 5 heteroatoms. The van der Waals surface area contributed by atoms with Crippen molar-refractivity contribution in [3.63, 3.8) is 0 Å². The summed E-state index contributed by atoms with van der Waals surface area (Å²) in [6.07, 6.45) is 3.51. The maximum absolute atomic E-state index is 5.99. The first-order valence-electron chi connectivity index (χ1n) is 5.43. The molecule has 0 saturated heterocycles. The van der Waals surface area contributed by atoms with Gasteiger partial charge in [-0.1, -0.05) is 12.1 Å². The van der Waals surface area contributed by atoms with Gasteiger partial charge in [0.2, 0.25) is 0 Å². The van der Waals surface area contributed by atoms with Crippen molar-refractivity contribution < 1.29 is 0 Å². The van der Waals surface area contributed by atoms with E-state index in [1.165, 1.54) is 0 Å². The van der Waals surface area contributed by atoms with Crippen molar-refractivity contribution in [3.05, 3.63) is 53.0 Å². The standard InChI is InChI=1S/C13H9BrClN3/c14-9-3-1-2-4-11(9)18-12-5-6-16-8-10(12)17-13(18)7-15/h1-6,8H,7H2. The predicted octanol–water partition coefficient (Wildman–Crippen LogP) is 3.92. The Labute approximate surface area is 118 Å². The lowest BCUT2D eigenvalue weighted by atomic mass is 10.3. The molecule has 0 amide bonds. The molecule has 3 rings (SSSR count). The molecule has 2 aromatic heterocycles. The van der Waals surface area contributed by atoms with Crippen LogP contribution in [-0.4, -0.2) is 14.5 Å². The summed E-state index contributed by atoms with van der Waals surface area (Å²) in [7, 11) is 0. The minimum absolute atomic E-state index is 0.357. The Bertz CT molecular complexity index is 708. The lowest BCUT2D eigenvalue weighted by Gasteiger charge is -2.09. The van der Waals surface area contributed by atoms with Crippen molar-refractivity contribution in [1.29, 1.82) is 0 Å². The van der Waals surface area contributed by atoms with Crippen LogP contribution in [0.3, 0.4) is 0 Å². The summed E-state index contributed by atoms with van der Waals surface area (Å²) in [4.78, 5) is 8.58. The fourth-order valence-electron chi connectivity index (χ4n) is 1.97. The first-order chi connectivity index (χ1) is 8.81. The molecule has 3 nitrogen and oxygen atoms in total. The molecule has 1 aromatic carbocycles. The number of hydrogen-bond acceptors (Lipinski definition) is 2. The van der Waals surface area contributed by atoms with E-state index in [-0.39, 0.29) is 0 Å². The fourth-order valence-corrected chi connectivity index (χ4v) is 2.61. The van der Waals surface area contributed by atoms with Crippen LogP contribution in [0.5, 0.6) is 0 Å². The summed E-state index contributed by atoms with van der Waals surface area (Å²) in [5.41, 5.74) is 2.89. The molecule has 0 spiro atoms. The van der Waals surface area contributed by atoms with Gasteiger partial charge in [-0.25, -0.2) is 4.98 Å². The summed E-state index contributed by atoms with van der Waals surface area (Å²) in [5.74, 6) is 1.17. The number of imidazole rings is 1. The molecule has 0 radical (unpaired) electrons. The zero-order valence-corrected chi connectivity index (χ0v) is 11.7. The van der Waals surface area contributed by atoms with E-state index >= 15 is 0 Å². The number of halogens is 2. The van der Waals surface area contributed by atoms with Crippen LogP contribution in [0.2, 0.25) is 0 Å². The zero-order chi connectivity index (χ0) is 12.5. The Morgan fingerprint density at radius 3 is 2.83 bits per heavy atom. The minimum Gasteiger partial charge on any atom is -0.294 e. The lowest BCUT2D eigenvalue weighted by Crippen LogP contribution is -1.99. The number of benzene rings is 1. The van der Waals surface area contributed by atoms with Crippen LogP contribution in [0.25, 0.3) is 16.7 Å². The quantitative estimate of drug-likeness (QED) is 0.669. The second kappa shape index (κ2) is 4.71. The third-order valence-corrected chi connectivity index (χ3v) is 3.65. The average molecular weight is 323 g/mol. The Balaban J connectivity index is 2.37. The number of fused-ring (bicyclic) bond motifs is 1. The summed E-state index contributed by atoms with van der Waals surface area (Å²) in [6, 6.07) is 9.94. The summed E-state index contributed by atoms with van der Waals surface area (Å²) in [6.45, 7) is 0. The van der Waals surface area contributed by atoms with Crippen molar-refractivity contribution >= 4 is 38.6 Å². The average Bonchev–Trinajstić information content (AvgIpc) is 2.78. The zero-order valence-electron chi connectivity index (χ0n) is 9.35. The Morgan fingerprint density at radius 1 is 1.22 bits per heavy atom. The predicted molar refractivity (Wildman–Crippen MR) is 76.1 cm³/mol. The van der Waals surface area contributed by atoms with Gasteiger partial charge < -0.3 is 0 Å². The van der Waals surface area contributed by atoms with Crippen LogP contribution in [0.1, 0.15) is 5.82 Å². The molecule has 0 atom stereocenters. The largest absolute Gasteiger partial charge is 0.294 e. The highest BCUT2D eigenvalue weighted by molar-refractivity contribution is 9.10. The molecular weight excluding hydrogens is 314 g/mol.